The summed E-state index contributed by atoms with van der Waals surface area (Å²) in [7, 11) is 1.80. The lowest BCUT2D eigenvalue weighted by molar-refractivity contribution is 1.12. The minimum Gasteiger partial charge on any atom is -0.278 e. The first-order chi connectivity index (χ1) is 3.43. The number of nitrogens with zero attached hydrogens (tertiary/aromatic N) is 1. The van der Waals surface area contributed by atoms with E-state index >= 15 is 0 Å². The molecule has 1 aromatic rings. The molecule has 1 nitrogen and oxygen atoms in total. The summed E-state index contributed by atoms with van der Waals surface area (Å²) in [5.41, 5.74) is 0. The van der Waals surface area contributed by atoms with Gasteiger partial charge in [-0.1, -0.05) is 0 Å². The van der Waals surface area contributed by atoms with E-state index in [2.05, 4.69) is 5.32 Å². The van der Waals surface area contributed by atoms with Crippen LogP contribution < -0.4 is 5.32 Å². The molecule has 7 heavy (non-hydrogen) atoms. The van der Waals surface area contributed by atoms with Gasteiger partial charge in [-0.25, -0.2) is 0 Å². The molecular weight excluding hydrogens is 106 g/mol. The van der Waals surface area contributed by atoms with E-state index in [-0.39, 0.29) is 0 Å². The third-order valence-corrected chi connectivity index (χ3v) is 1.58. The van der Waals surface area contributed by atoms with Crippen molar-refractivity contribution in [3.63, 3.8) is 0 Å². The Morgan fingerprint density at radius 2 is 2.57 bits per heavy atom. The highest BCUT2D eigenvalue weighted by Gasteiger charge is 1.83. The van der Waals surface area contributed by atoms with Crippen LogP contribution >= 0.6 is 11.3 Å². The van der Waals surface area contributed by atoms with Gasteiger partial charge in [-0.05, 0) is 17.5 Å². The summed E-state index contributed by atoms with van der Waals surface area (Å²) in [5, 5.41) is 7.06. The number of rotatable bonds is 1. The number of thiophene rings is 1. The first-order valence-corrected chi connectivity index (χ1v) is 2.95. The molecule has 1 heterocycles. The van der Waals surface area contributed by atoms with Crippen LogP contribution in [0, 0.1) is 0 Å². The van der Waals surface area contributed by atoms with Crippen LogP contribution in [0.25, 0.3) is 0 Å². The fourth-order valence-corrected chi connectivity index (χ4v) is 0.956. The van der Waals surface area contributed by atoms with Gasteiger partial charge in [0.15, 0.2) is 0 Å². The number of hydrogen-bond acceptors (Lipinski definition) is 1. The normalized spacial score (nSPS) is 8.71. The molecule has 0 aliphatic rings. The molecule has 0 saturated heterocycles. The van der Waals surface area contributed by atoms with Crippen LogP contribution in [-0.4, -0.2) is 7.05 Å². The predicted molar refractivity (Wildman–Crippen MR) is 32.0 cm³/mol. The van der Waals surface area contributed by atoms with Crippen molar-refractivity contribution in [2.75, 3.05) is 7.05 Å². The average Bonchev–Trinajstić information content (AvgIpc) is 2.14. The third-order valence-electron chi connectivity index (χ3n) is 0.727. The molecular formula is C5H6NS. The van der Waals surface area contributed by atoms with Gasteiger partial charge in [-0.2, -0.15) is 0 Å². The van der Waals surface area contributed by atoms with Crippen molar-refractivity contribution in [2.45, 2.75) is 0 Å². The average molecular weight is 112 g/mol. The van der Waals surface area contributed by atoms with Crippen molar-refractivity contribution in [3.8, 4) is 0 Å². The molecule has 1 aromatic heterocycles. The van der Waals surface area contributed by atoms with Gasteiger partial charge < -0.3 is 0 Å². The zero-order valence-corrected chi connectivity index (χ0v) is 4.90. The van der Waals surface area contributed by atoms with Gasteiger partial charge in [0, 0.05) is 7.05 Å². The topological polar surface area (TPSA) is 14.1 Å². The summed E-state index contributed by atoms with van der Waals surface area (Å²) in [6.07, 6.45) is 0. The van der Waals surface area contributed by atoms with E-state index in [0.717, 1.165) is 5.00 Å². The van der Waals surface area contributed by atoms with E-state index in [4.69, 9.17) is 0 Å². The van der Waals surface area contributed by atoms with Crippen molar-refractivity contribution >= 4 is 16.3 Å². The Kier molecular flexibility index (Phi) is 1.32. The maximum Gasteiger partial charge on any atom is 0.110 e. The van der Waals surface area contributed by atoms with E-state index in [1.165, 1.54) is 0 Å². The Morgan fingerprint density at radius 3 is 2.86 bits per heavy atom. The van der Waals surface area contributed by atoms with Gasteiger partial charge in [0.1, 0.15) is 5.00 Å². The summed E-state index contributed by atoms with van der Waals surface area (Å²) < 4.78 is 0. The molecule has 2 heteroatoms. The largest absolute Gasteiger partial charge is 0.278 e. The van der Waals surface area contributed by atoms with Crippen LogP contribution in [0.3, 0.4) is 0 Å². The maximum atomic E-state index is 3.95. The van der Waals surface area contributed by atoms with Crippen molar-refractivity contribution in [1.29, 1.82) is 0 Å². The van der Waals surface area contributed by atoms with Gasteiger partial charge in [-0.3, -0.25) is 5.32 Å². The summed E-state index contributed by atoms with van der Waals surface area (Å²) in [4.78, 5) is 0. The quantitative estimate of drug-likeness (QED) is 0.524. The van der Waals surface area contributed by atoms with E-state index in [1.54, 1.807) is 18.4 Å². The van der Waals surface area contributed by atoms with Gasteiger partial charge in [0.2, 0.25) is 0 Å². The van der Waals surface area contributed by atoms with Gasteiger partial charge in [0.05, 0.1) is 0 Å². The highest BCUT2D eigenvalue weighted by Crippen LogP contribution is 2.12. The molecule has 0 bridgehead atoms. The second-order valence-electron chi connectivity index (χ2n) is 1.17. The van der Waals surface area contributed by atoms with Crippen molar-refractivity contribution in [1.82, 2.24) is 5.32 Å². The van der Waals surface area contributed by atoms with Crippen molar-refractivity contribution in [2.24, 2.45) is 0 Å². The molecule has 0 N–H and O–H groups in total. The van der Waals surface area contributed by atoms with Gasteiger partial charge in [0.25, 0.3) is 0 Å². The first-order valence-electron chi connectivity index (χ1n) is 2.07. The van der Waals surface area contributed by atoms with Crippen LogP contribution in [0.2, 0.25) is 0 Å². The predicted octanol–water partition coefficient (Wildman–Crippen LogP) is 1.61. The molecule has 0 amide bonds. The van der Waals surface area contributed by atoms with Crippen LogP contribution in [0.1, 0.15) is 0 Å². The molecule has 0 spiro atoms. The smallest absolute Gasteiger partial charge is 0.110 e. The molecule has 0 aliphatic carbocycles. The Balaban J connectivity index is 2.76. The van der Waals surface area contributed by atoms with Crippen LogP contribution in [-0.2, 0) is 0 Å². The van der Waals surface area contributed by atoms with Crippen LogP contribution in [0.15, 0.2) is 17.5 Å². The molecule has 1 rings (SSSR count). The first kappa shape index (κ1) is 4.65. The van der Waals surface area contributed by atoms with Gasteiger partial charge in [-0.15, -0.1) is 11.3 Å². The SMILES string of the molecule is C[N]c1cccs1. The van der Waals surface area contributed by atoms with Crippen LogP contribution in [0.4, 0.5) is 5.00 Å². The lowest BCUT2D eigenvalue weighted by atomic mass is 10.6. The van der Waals surface area contributed by atoms with E-state index in [9.17, 15) is 0 Å². The monoisotopic (exact) mass is 112 g/mol. The standard InChI is InChI=1S/C5H6NS/c1-6-5-3-2-4-7-5/h2-4H,1H3. The minimum absolute atomic E-state index is 1.10. The molecule has 0 saturated carbocycles. The Labute approximate surface area is 47.0 Å². The van der Waals surface area contributed by atoms with Gasteiger partial charge >= 0.3 is 0 Å². The molecule has 0 fully saturated rings. The molecule has 1 radical (unpaired) electrons. The number of hydrogen-bond donors (Lipinski definition) is 0. The fraction of sp³-hybridized carbons (Fsp3) is 0.200. The lowest BCUT2D eigenvalue weighted by Gasteiger charge is -1.81. The maximum absolute atomic E-state index is 3.95. The lowest BCUT2D eigenvalue weighted by Crippen LogP contribution is -1.77. The highest BCUT2D eigenvalue weighted by atomic mass is 32.1. The Hall–Kier alpha value is -0.500. The Bertz CT molecular complexity index is 123. The van der Waals surface area contributed by atoms with E-state index < -0.39 is 0 Å². The summed E-state index contributed by atoms with van der Waals surface area (Å²) >= 11 is 1.66. The summed E-state index contributed by atoms with van der Waals surface area (Å²) in [6.45, 7) is 0. The van der Waals surface area contributed by atoms with Crippen molar-refractivity contribution in [3.05, 3.63) is 17.5 Å². The second-order valence-corrected chi connectivity index (χ2v) is 2.10. The fourth-order valence-electron chi connectivity index (χ4n) is 0.397. The molecule has 0 atom stereocenters. The van der Waals surface area contributed by atoms with E-state index in [1.807, 2.05) is 17.5 Å². The summed E-state index contributed by atoms with van der Waals surface area (Å²) in [5.74, 6) is 0. The second kappa shape index (κ2) is 1.98. The molecule has 37 valence electrons. The molecule has 0 unspecified atom stereocenters. The minimum atomic E-state index is 1.10. The summed E-state index contributed by atoms with van der Waals surface area (Å²) in [6, 6.07) is 3.98. The zero-order valence-electron chi connectivity index (χ0n) is 4.09. The highest BCUT2D eigenvalue weighted by molar-refractivity contribution is 7.13. The van der Waals surface area contributed by atoms with E-state index in [0.29, 0.717) is 0 Å². The Morgan fingerprint density at radius 1 is 1.71 bits per heavy atom. The van der Waals surface area contributed by atoms with Crippen LogP contribution in [0.5, 0.6) is 0 Å². The zero-order chi connectivity index (χ0) is 5.11. The van der Waals surface area contributed by atoms with Crippen molar-refractivity contribution < 1.29 is 0 Å². The molecule has 0 aromatic carbocycles. The molecule has 0 aliphatic heterocycles. The third kappa shape index (κ3) is 0.933.